The van der Waals surface area contributed by atoms with Crippen molar-refractivity contribution < 1.29 is 9.53 Å². The van der Waals surface area contributed by atoms with Crippen LogP contribution in [0.3, 0.4) is 0 Å². The third-order valence-corrected chi connectivity index (χ3v) is 6.94. The first-order valence-electron chi connectivity index (χ1n) is 13.2. The zero-order chi connectivity index (χ0) is 25.9. The average molecular weight is 518 g/mol. The third-order valence-electron chi connectivity index (χ3n) is 6.51. The van der Waals surface area contributed by atoms with Crippen molar-refractivity contribution in [2.75, 3.05) is 13.2 Å². The number of benzene rings is 3. The predicted octanol–water partition coefficient (Wildman–Crippen LogP) is 6.93. The lowest BCUT2D eigenvalue weighted by Gasteiger charge is -2.11. The number of fused-ring (bicyclic) bond motifs is 1. The van der Waals surface area contributed by atoms with E-state index in [-0.39, 0.29) is 5.91 Å². The first kappa shape index (κ1) is 26.7. The zero-order valence-corrected chi connectivity index (χ0v) is 22.3. The van der Waals surface area contributed by atoms with Gasteiger partial charge in [-0.3, -0.25) is 4.79 Å². The van der Waals surface area contributed by atoms with Crippen LogP contribution in [-0.2, 0) is 24.2 Å². The highest BCUT2D eigenvalue weighted by atomic mass is 35.5. The molecule has 4 rings (SSSR count). The van der Waals surface area contributed by atoms with E-state index < -0.39 is 0 Å². The molecule has 6 heteroatoms. The summed E-state index contributed by atoms with van der Waals surface area (Å²) in [4.78, 5) is 17.0. The molecule has 3 aromatic carbocycles. The lowest BCUT2D eigenvalue weighted by atomic mass is 10.1. The van der Waals surface area contributed by atoms with E-state index in [1.165, 1.54) is 5.52 Å². The monoisotopic (exact) mass is 517 g/mol. The van der Waals surface area contributed by atoms with Gasteiger partial charge in [0.1, 0.15) is 11.6 Å². The number of imidazole rings is 1. The van der Waals surface area contributed by atoms with Gasteiger partial charge in [-0.1, -0.05) is 60.5 Å². The minimum atomic E-state index is 0.0863. The van der Waals surface area contributed by atoms with E-state index in [2.05, 4.69) is 28.1 Å². The van der Waals surface area contributed by atoms with E-state index in [0.29, 0.717) is 13.0 Å². The van der Waals surface area contributed by atoms with Gasteiger partial charge in [0.25, 0.3) is 0 Å². The summed E-state index contributed by atoms with van der Waals surface area (Å²) in [6.07, 6.45) is 6.45. The van der Waals surface area contributed by atoms with E-state index >= 15 is 0 Å². The summed E-state index contributed by atoms with van der Waals surface area (Å²) in [7, 11) is 0. The molecule has 0 aliphatic carbocycles. The molecular weight excluding hydrogens is 482 g/mol. The second kappa shape index (κ2) is 13.8. The van der Waals surface area contributed by atoms with Crippen molar-refractivity contribution >= 4 is 28.5 Å². The van der Waals surface area contributed by atoms with Gasteiger partial charge in [-0.25, -0.2) is 4.98 Å². The molecule has 0 spiro atoms. The molecule has 1 N–H and O–H groups in total. The Morgan fingerprint density at radius 2 is 1.76 bits per heavy atom. The average Bonchev–Trinajstić information content (AvgIpc) is 3.26. The van der Waals surface area contributed by atoms with Crippen molar-refractivity contribution in [2.24, 2.45) is 0 Å². The number of hydrogen-bond donors (Lipinski definition) is 1. The molecule has 1 amide bonds. The molecule has 0 saturated carbocycles. The van der Waals surface area contributed by atoms with Gasteiger partial charge in [0.15, 0.2) is 0 Å². The SMILES string of the molecule is Cc1cc(OCCCCn2c(CCCCCNC(=O)Cc3ccccc3)nc3ccccc32)ccc1Cl. The van der Waals surface area contributed by atoms with Crippen molar-refractivity contribution in [3.63, 3.8) is 0 Å². The van der Waals surface area contributed by atoms with Crippen molar-refractivity contribution in [3.05, 3.63) is 94.8 Å². The normalized spacial score (nSPS) is 11.1. The van der Waals surface area contributed by atoms with Crippen LogP contribution in [-0.4, -0.2) is 28.6 Å². The molecule has 0 aliphatic heterocycles. The number of ether oxygens (including phenoxy) is 1. The Bertz CT molecular complexity index is 1290. The Labute approximate surface area is 224 Å². The topological polar surface area (TPSA) is 56.1 Å². The van der Waals surface area contributed by atoms with Gasteiger partial charge in [0.05, 0.1) is 24.1 Å². The second-order valence-electron chi connectivity index (χ2n) is 9.46. The van der Waals surface area contributed by atoms with Crippen LogP contribution in [0.2, 0.25) is 5.02 Å². The van der Waals surface area contributed by atoms with Crippen molar-refractivity contribution in [1.82, 2.24) is 14.9 Å². The van der Waals surface area contributed by atoms with Crippen LogP contribution in [0, 0.1) is 6.92 Å². The number of unbranched alkanes of at least 4 members (excludes halogenated alkanes) is 3. The van der Waals surface area contributed by atoms with Gasteiger partial charge in [-0.15, -0.1) is 0 Å². The fourth-order valence-electron chi connectivity index (χ4n) is 4.49. The summed E-state index contributed by atoms with van der Waals surface area (Å²) in [5, 5.41) is 3.81. The minimum Gasteiger partial charge on any atom is -0.494 e. The maximum Gasteiger partial charge on any atom is 0.224 e. The Morgan fingerprint density at radius 1 is 0.946 bits per heavy atom. The lowest BCUT2D eigenvalue weighted by Crippen LogP contribution is -2.26. The van der Waals surface area contributed by atoms with Crippen molar-refractivity contribution in [2.45, 2.75) is 58.4 Å². The summed E-state index contributed by atoms with van der Waals surface area (Å²) in [6, 6.07) is 24.0. The van der Waals surface area contributed by atoms with E-state index in [1.54, 1.807) is 0 Å². The summed E-state index contributed by atoms with van der Waals surface area (Å²) in [6.45, 7) is 4.31. The summed E-state index contributed by atoms with van der Waals surface area (Å²) >= 11 is 6.10. The maximum atomic E-state index is 12.1. The van der Waals surface area contributed by atoms with Gasteiger partial charge in [0, 0.05) is 24.5 Å². The van der Waals surface area contributed by atoms with Crippen LogP contribution in [0.5, 0.6) is 5.75 Å². The molecule has 1 aromatic heterocycles. The number of hydrogen-bond acceptors (Lipinski definition) is 3. The molecule has 37 heavy (non-hydrogen) atoms. The predicted molar refractivity (Wildman–Crippen MR) is 151 cm³/mol. The molecule has 0 fully saturated rings. The number of aromatic nitrogens is 2. The highest BCUT2D eigenvalue weighted by Crippen LogP contribution is 2.22. The van der Waals surface area contributed by atoms with E-state index in [9.17, 15) is 4.79 Å². The van der Waals surface area contributed by atoms with Crippen LogP contribution in [0.15, 0.2) is 72.8 Å². The van der Waals surface area contributed by atoms with Gasteiger partial charge in [0.2, 0.25) is 5.91 Å². The van der Waals surface area contributed by atoms with Crippen LogP contribution in [0.1, 0.15) is 49.1 Å². The highest BCUT2D eigenvalue weighted by Gasteiger charge is 2.10. The number of nitrogens with zero attached hydrogens (tertiary/aromatic N) is 2. The van der Waals surface area contributed by atoms with Gasteiger partial charge < -0.3 is 14.6 Å². The zero-order valence-electron chi connectivity index (χ0n) is 21.6. The van der Waals surface area contributed by atoms with Crippen LogP contribution in [0.25, 0.3) is 11.0 Å². The highest BCUT2D eigenvalue weighted by molar-refractivity contribution is 6.31. The summed E-state index contributed by atoms with van der Waals surface area (Å²) < 4.78 is 8.28. The Morgan fingerprint density at radius 3 is 2.59 bits per heavy atom. The second-order valence-corrected chi connectivity index (χ2v) is 9.87. The number of halogens is 1. The van der Waals surface area contributed by atoms with Crippen LogP contribution >= 0.6 is 11.6 Å². The number of amides is 1. The largest absolute Gasteiger partial charge is 0.494 e. The maximum absolute atomic E-state index is 12.1. The van der Waals surface area contributed by atoms with Crippen LogP contribution < -0.4 is 10.1 Å². The molecule has 4 aromatic rings. The molecule has 0 unspecified atom stereocenters. The first-order chi connectivity index (χ1) is 18.1. The summed E-state index contributed by atoms with van der Waals surface area (Å²) in [5.41, 5.74) is 4.33. The standard InChI is InChI=1S/C31H36ClN3O2/c1-24-22-26(17-18-27(24)32)37-21-11-10-20-35-29-15-8-7-14-28(29)34-30(35)16-6-3-9-19-33-31(36)23-25-12-4-2-5-13-25/h2,4-5,7-8,12-15,17-18,22H,3,6,9-11,16,19-21,23H2,1H3,(H,33,36). The summed E-state index contributed by atoms with van der Waals surface area (Å²) in [5.74, 6) is 2.10. The molecule has 5 nitrogen and oxygen atoms in total. The van der Waals surface area contributed by atoms with Gasteiger partial charge in [-0.05, 0) is 74.1 Å². The molecule has 0 bridgehead atoms. The quantitative estimate of drug-likeness (QED) is 0.184. The lowest BCUT2D eigenvalue weighted by molar-refractivity contribution is -0.120. The van der Waals surface area contributed by atoms with Crippen molar-refractivity contribution in [3.8, 4) is 5.75 Å². The first-order valence-corrected chi connectivity index (χ1v) is 13.6. The Kier molecular flexibility index (Phi) is 10.0. The fourth-order valence-corrected chi connectivity index (χ4v) is 4.61. The molecule has 0 aliphatic rings. The number of carbonyl (C=O) groups excluding carboxylic acids is 1. The fraction of sp³-hybridized carbons (Fsp3) is 0.355. The van der Waals surface area contributed by atoms with E-state index in [1.807, 2.05) is 61.5 Å². The number of nitrogens with one attached hydrogen (secondary N) is 1. The minimum absolute atomic E-state index is 0.0863. The van der Waals surface area contributed by atoms with Gasteiger partial charge >= 0.3 is 0 Å². The van der Waals surface area contributed by atoms with E-state index in [4.69, 9.17) is 21.3 Å². The molecule has 1 heterocycles. The number of para-hydroxylation sites is 2. The Hall–Kier alpha value is -3.31. The Balaban J connectivity index is 1.19. The number of carbonyl (C=O) groups is 1. The molecule has 0 radical (unpaired) electrons. The van der Waals surface area contributed by atoms with Gasteiger partial charge in [-0.2, -0.15) is 0 Å². The molecule has 0 saturated heterocycles. The molecule has 194 valence electrons. The molecule has 0 atom stereocenters. The number of aryl methyl sites for hydroxylation is 3. The van der Waals surface area contributed by atoms with E-state index in [0.717, 1.165) is 84.9 Å². The number of rotatable bonds is 14. The molecular formula is C31H36ClN3O2. The third kappa shape index (κ3) is 8.09. The van der Waals surface area contributed by atoms with Crippen LogP contribution in [0.4, 0.5) is 0 Å². The smallest absolute Gasteiger partial charge is 0.224 e. The van der Waals surface area contributed by atoms with Crippen molar-refractivity contribution in [1.29, 1.82) is 0 Å².